The van der Waals surface area contributed by atoms with Crippen molar-refractivity contribution in [1.29, 1.82) is 0 Å². The second-order valence-electron chi connectivity index (χ2n) is 2.47. The van der Waals surface area contributed by atoms with Crippen molar-refractivity contribution in [2.24, 2.45) is 5.92 Å². The van der Waals surface area contributed by atoms with E-state index in [4.69, 9.17) is 5.84 Å². The Morgan fingerprint density at radius 2 is 1.82 bits per heavy atom. The molecule has 4 heteroatoms. The van der Waals surface area contributed by atoms with Crippen LogP contribution < -0.4 is 5.43 Å². The molecule has 0 amide bonds. The Bertz CT molecular complexity index is 51.0. The van der Waals surface area contributed by atoms with Gasteiger partial charge in [0.25, 0.3) is 0 Å². The molecule has 0 aromatic carbocycles. The van der Waals surface area contributed by atoms with E-state index in [-0.39, 0.29) is 21.1 Å². The van der Waals surface area contributed by atoms with Crippen LogP contribution in [0.3, 0.4) is 0 Å². The molecule has 0 aliphatic rings. The fraction of sp³-hybridized carbons (Fsp3) is 1.00. The third-order valence-corrected chi connectivity index (χ3v) is 0.930. The first kappa shape index (κ1) is 17.6. The molecule has 0 aromatic heterocycles. The molecule has 0 rings (SSSR count). The van der Waals surface area contributed by atoms with E-state index in [1.54, 1.807) is 7.05 Å². The molecule has 11 heavy (non-hydrogen) atoms. The molecular formula is C7H19N3W. The predicted octanol–water partition coefficient (Wildman–Crippen LogP) is 2.21. The number of rotatable bonds is 3. The van der Waals surface area contributed by atoms with E-state index in [1.807, 2.05) is 12.5 Å². The summed E-state index contributed by atoms with van der Waals surface area (Å²) >= 11 is 0. The van der Waals surface area contributed by atoms with Gasteiger partial charge in [-0.2, -0.15) is 7.05 Å². The first-order chi connectivity index (χ1) is 4.68. The van der Waals surface area contributed by atoms with Crippen LogP contribution in [0.1, 0.15) is 20.3 Å². The van der Waals surface area contributed by atoms with Gasteiger partial charge in [-0.3, -0.25) is 0 Å². The van der Waals surface area contributed by atoms with Crippen LogP contribution in [0.2, 0.25) is 0 Å². The van der Waals surface area contributed by atoms with Gasteiger partial charge in [-0.15, -0.1) is 6.54 Å². The van der Waals surface area contributed by atoms with Gasteiger partial charge in [0, 0.05) is 0 Å². The van der Waals surface area contributed by atoms with Crippen molar-refractivity contribution < 1.29 is 21.1 Å². The van der Waals surface area contributed by atoms with Gasteiger partial charge in [-0.25, -0.2) is 0 Å². The topological polar surface area (TPSA) is 49.9 Å². The standard InChI is InChI=1S/C6H14N.CH5N2.W/c1-6(2)4-5-7-3;1-3-2;/h6H,4-5H2,1-3H3;2-3H,1H3;/q2*-1;+2. The molecule has 0 spiro atoms. The Labute approximate surface area is 84.7 Å². The second-order valence-corrected chi connectivity index (χ2v) is 2.47. The van der Waals surface area contributed by atoms with Crippen molar-refractivity contribution in [1.82, 2.24) is 5.43 Å². The van der Waals surface area contributed by atoms with Gasteiger partial charge < -0.3 is 16.6 Å². The van der Waals surface area contributed by atoms with Gasteiger partial charge >= 0.3 is 21.1 Å². The SMILES string of the molecule is CN[NH-].C[N-]CCC(C)C.[W+2]. The fourth-order valence-corrected chi connectivity index (χ4v) is 0.387. The maximum Gasteiger partial charge on any atom is 2.00 e. The summed E-state index contributed by atoms with van der Waals surface area (Å²) in [5, 5.41) is 3.98. The van der Waals surface area contributed by atoms with E-state index >= 15 is 0 Å². The quantitative estimate of drug-likeness (QED) is 0.793. The molecule has 0 aliphatic heterocycles. The van der Waals surface area contributed by atoms with Crippen LogP contribution in [0.4, 0.5) is 0 Å². The van der Waals surface area contributed by atoms with E-state index in [9.17, 15) is 0 Å². The summed E-state index contributed by atoms with van der Waals surface area (Å²) in [6, 6.07) is 0. The summed E-state index contributed by atoms with van der Waals surface area (Å²) < 4.78 is 0. The molecular weight excluding hydrogens is 310 g/mol. The Morgan fingerprint density at radius 3 is 1.91 bits per heavy atom. The maximum atomic E-state index is 5.96. The van der Waals surface area contributed by atoms with E-state index in [2.05, 4.69) is 19.2 Å². The van der Waals surface area contributed by atoms with Crippen LogP contribution in [0, 0.1) is 5.92 Å². The zero-order chi connectivity index (χ0) is 8.41. The Morgan fingerprint density at radius 1 is 1.45 bits per heavy atom. The number of nitrogens with zero attached hydrogens (tertiary/aromatic N) is 1. The van der Waals surface area contributed by atoms with Crippen LogP contribution in [-0.4, -0.2) is 20.6 Å². The third-order valence-electron chi connectivity index (χ3n) is 0.930. The van der Waals surface area contributed by atoms with E-state index in [0.717, 1.165) is 12.5 Å². The van der Waals surface area contributed by atoms with Crippen molar-refractivity contribution in [2.45, 2.75) is 20.3 Å². The molecule has 0 aliphatic carbocycles. The van der Waals surface area contributed by atoms with Crippen LogP contribution in [0.15, 0.2) is 0 Å². The summed E-state index contributed by atoms with van der Waals surface area (Å²) in [4.78, 5) is 0. The van der Waals surface area contributed by atoms with E-state index in [1.165, 1.54) is 6.42 Å². The average molecular weight is 329 g/mol. The molecule has 0 aromatic rings. The van der Waals surface area contributed by atoms with Crippen LogP contribution in [-0.2, 0) is 21.1 Å². The number of hydrogen-bond donors (Lipinski definition) is 1. The molecule has 0 saturated carbocycles. The first-order valence-electron chi connectivity index (χ1n) is 3.58. The number of nitrogens with one attached hydrogen (secondary N) is 2. The molecule has 3 nitrogen and oxygen atoms in total. The summed E-state index contributed by atoms with van der Waals surface area (Å²) in [6.07, 6.45) is 1.23. The first-order valence-corrected chi connectivity index (χ1v) is 3.58. The third kappa shape index (κ3) is 37.2. The van der Waals surface area contributed by atoms with Crippen molar-refractivity contribution in [2.75, 3.05) is 20.6 Å². The van der Waals surface area contributed by atoms with Crippen LogP contribution in [0.5, 0.6) is 0 Å². The summed E-state index contributed by atoms with van der Waals surface area (Å²) in [5.41, 5.74) is 2.00. The molecule has 0 fully saturated rings. The Hall–Kier alpha value is 0.568. The smallest absolute Gasteiger partial charge is 0.665 e. The second kappa shape index (κ2) is 16.9. The zero-order valence-electron chi connectivity index (χ0n) is 7.85. The van der Waals surface area contributed by atoms with Crippen molar-refractivity contribution in [3.63, 3.8) is 0 Å². The van der Waals surface area contributed by atoms with Crippen molar-refractivity contribution in [3.8, 4) is 0 Å². The molecule has 0 heterocycles. The average Bonchev–Trinajstić information content (AvgIpc) is 1.85. The van der Waals surface area contributed by atoms with Crippen LogP contribution in [0.25, 0.3) is 11.2 Å². The predicted molar refractivity (Wildman–Crippen MR) is 47.0 cm³/mol. The van der Waals surface area contributed by atoms with Crippen molar-refractivity contribution >= 4 is 0 Å². The van der Waals surface area contributed by atoms with Gasteiger partial charge in [-0.05, 0) is 13.0 Å². The van der Waals surface area contributed by atoms with Crippen molar-refractivity contribution in [3.05, 3.63) is 11.2 Å². The number of hydrogen-bond acceptors (Lipinski definition) is 1. The fourth-order valence-electron chi connectivity index (χ4n) is 0.387. The Balaban J connectivity index is -0.000000140. The van der Waals surface area contributed by atoms with Crippen LogP contribution >= 0.6 is 0 Å². The van der Waals surface area contributed by atoms with Gasteiger partial charge in [0.2, 0.25) is 0 Å². The largest absolute Gasteiger partial charge is 2.00 e. The maximum absolute atomic E-state index is 5.96. The molecule has 0 bridgehead atoms. The van der Waals surface area contributed by atoms with Gasteiger partial charge in [-0.1, -0.05) is 20.3 Å². The molecule has 2 N–H and O–H groups in total. The monoisotopic (exact) mass is 329 g/mol. The van der Waals surface area contributed by atoms with Gasteiger partial charge in [0.15, 0.2) is 0 Å². The van der Waals surface area contributed by atoms with Gasteiger partial charge in [0.1, 0.15) is 0 Å². The Kier molecular flexibility index (Phi) is 27.0. The van der Waals surface area contributed by atoms with E-state index < -0.39 is 0 Å². The summed E-state index contributed by atoms with van der Waals surface area (Å²) in [7, 11) is 3.41. The zero-order valence-corrected chi connectivity index (χ0v) is 10.8. The minimum atomic E-state index is 0. The minimum Gasteiger partial charge on any atom is -0.665 e. The molecule has 0 radical (unpaired) electrons. The normalized spacial score (nSPS) is 8.18. The minimum absolute atomic E-state index is 0. The molecule has 0 atom stereocenters. The van der Waals surface area contributed by atoms with E-state index in [0.29, 0.717) is 0 Å². The molecule has 0 unspecified atom stereocenters. The summed E-state index contributed by atoms with van der Waals surface area (Å²) in [5.74, 6) is 6.77. The molecule has 0 saturated heterocycles. The molecule has 68 valence electrons. The van der Waals surface area contributed by atoms with Gasteiger partial charge in [0.05, 0.1) is 0 Å². The summed E-state index contributed by atoms with van der Waals surface area (Å²) in [6.45, 7) is 5.45.